The van der Waals surface area contributed by atoms with E-state index >= 15 is 0 Å². The molecule has 10 heavy (non-hydrogen) atoms. The molecule has 0 bridgehead atoms. The molecule has 0 aliphatic carbocycles. The predicted molar refractivity (Wildman–Crippen MR) is 46.9 cm³/mol. The van der Waals surface area contributed by atoms with E-state index in [2.05, 4.69) is 13.5 Å². The van der Waals surface area contributed by atoms with E-state index in [1.54, 1.807) is 0 Å². The van der Waals surface area contributed by atoms with Crippen molar-refractivity contribution in [2.75, 3.05) is 0 Å². The van der Waals surface area contributed by atoms with Crippen LogP contribution >= 0.6 is 0 Å². The molecule has 0 aliphatic heterocycles. The second-order valence-electron chi connectivity index (χ2n) is 2.75. The zero-order valence-corrected chi connectivity index (χ0v) is 6.97. The van der Waals surface area contributed by atoms with Gasteiger partial charge in [0.2, 0.25) is 0 Å². The first kappa shape index (κ1) is 9.70. The van der Waals surface area contributed by atoms with Gasteiger partial charge >= 0.3 is 0 Å². The van der Waals surface area contributed by atoms with Crippen LogP contribution in [0.4, 0.5) is 0 Å². The standard InChI is InChI=1S/C9H19N/c1-3-5-6-7-8-9(10)4-2/h4,9H,2-3,5-8,10H2,1H3. The maximum atomic E-state index is 5.64. The van der Waals surface area contributed by atoms with E-state index in [1.807, 2.05) is 6.08 Å². The van der Waals surface area contributed by atoms with E-state index in [-0.39, 0.29) is 6.04 Å². The molecule has 0 radical (unpaired) electrons. The molecule has 1 heteroatoms. The molecule has 1 nitrogen and oxygen atoms in total. The van der Waals surface area contributed by atoms with Crippen molar-refractivity contribution in [2.24, 2.45) is 5.73 Å². The third-order valence-corrected chi connectivity index (χ3v) is 1.69. The molecule has 0 heterocycles. The third kappa shape index (κ3) is 5.83. The Hall–Kier alpha value is -0.300. The van der Waals surface area contributed by atoms with Gasteiger partial charge in [-0.2, -0.15) is 0 Å². The molecular formula is C9H19N. The van der Waals surface area contributed by atoms with Crippen molar-refractivity contribution in [3.8, 4) is 0 Å². The molecule has 0 aromatic heterocycles. The lowest BCUT2D eigenvalue weighted by Gasteiger charge is -2.03. The van der Waals surface area contributed by atoms with Gasteiger partial charge < -0.3 is 5.73 Å². The number of hydrogen-bond donors (Lipinski definition) is 1. The SMILES string of the molecule is C=CC(N)CCCCCC. The summed E-state index contributed by atoms with van der Waals surface area (Å²) in [7, 11) is 0. The Bertz CT molecular complexity index is 78.8. The summed E-state index contributed by atoms with van der Waals surface area (Å²) in [6, 6.07) is 0.219. The predicted octanol–water partition coefficient (Wildman–Crippen LogP) is 2.47. The van der Waals surface area contributed by atoms with Gasteiger partial charge in [0, 0.05) is 6.04 Å². The lowest BCUT2D eigenvalue weighted by Crippen LogP contribution is -2.15. The molecule has 0 fully saturated rings. The van der Waals surface area contributed by atoms with Crippen molar-refractivity contribution in [1.29, 1.82) is 0 Å². The molecule has 0 aromatic carbocycles. The summed E-state index contributed by atoms with van der Waals surface area (Å²) >= 11 is 0. The summed E-state index contributed by atoms with van der Waals surface area (Å²) < 4.78 is 0. The number of hydrogen-bond acceptors (Lipinski definition) is 1. The first-order valence-electron chi connectivity index (χ1n) is 4.19. The summed E-state index contributed by atoms with van der Waals surface area (Å²) in [5.41, 5.74) is 5.64. The van der Waals surface area contributed by atoms with Crippen LogP contribution in [-0.4, -0.2) is 6.04 Å². The number of rotatable bonds is 6. The fourth-order valence-electron chi connectivity index (χ4n) is 0.925. The second-order valence-corrected chi connectivity index (χ2v) is 2.75. The summed E-state index contributed by atoms with van der Waals surface area (Å²) in [6.07, 6.45) is 8.13. The zero-order valence-electron chi connectivity index (χ0n) is 6.97. The summed E-state index contributed by atoms with van der Waals surface area (Å²) in [5, 5.41) is 0. The van der Waals surface area contributed by atoms with Gasteiger partial charge in [-0.3, -0.25) is 0 Å². The van der Waals surface area contributed by atoms with Crippen LogP contribution in [0, 0.1) is 0 Å². The largest absolute Gasteiger partial charge is 0.324 e. The van der Waals surface area contributed by atoms with Crippen LogP contribution in [0.5, 0.6) is 0 Å². The molecule has 1 unspecified atom stereocenters. The fraction of sp³-hybridized carbons (Fsp3) is 0.778. The molecule has 60 valence electrons. The van der Waals surface area contributed by atoms with Gasteiger partial charge in [-0.1, -0.05) is 38.7 Å². The van der Waals surface area contributed by atoms with Crippen LogP contribution in [0.15, 0.2) is 12.7 Å². The van der Waals surface area contributed by atoms with Crippen LogP contribution < -0.4 is 5.73 Å². The molecule has 1 atom stereocenters. The summed E-state index contributed by atoms with van der Waals surface area (Å²) in [6.45, 7) is 5.85. The topological polar surface area (TPSA) is 26.0 Å². The first-order valence-corrected chi connectivity index (χ1v) is 4.19. The van der Waals surface area contributed by atoms with Gasteiger partial charge in [0.25, 0.3) is 0 Å². The Balaban J connectivity index is 2.95. The lowest BCUT2D eigenvalue weighted by atomic mass is 10.1. The Morgan fingerprint density at radius 2 is 2.10 bits per heavy atom. The molecule has 0 saturated carbocycles. The van der Waals surface area contributed by atoms with Crippen LogP contribution in [0.3, 0.4) is 0 Å². The molecule has 0 spiro atoms. The average molecular weight is 141 g/mol. The minimum Gasteiger partial charge on any atom is -0.324 e. The first-order chi connectivity index (χ1) is 4.81. The van der Waals surface area contributed by atoms with Gasteiger partial charge in [-0.15, -0.1) is 6.58 Å². The highest BCUT2D eigenvalue weighted by Gasteiger charge is 1.94. The fourth-order valence-corrected chi connectivity index (χ4v) is 0.925. The molecule has 2 N–H and O–H groups in total. The molecule has 0 rings (SSSR count). The van der Waals surface area contributed by atoms with E-state index in [1.165, 1.54) is 25.7 Å². The molecule has 0 aliphatic rings. The Labute approximate surface area is 64.3 Å². The van der Waals surface area contributed by atoms with E-state index < -0.39 is 0 Å². The normalized spacial score (nSPS) is 13.0. The van der Waals surface area contributed by atoms with Gasteiger partial charge in [-0.05, 0) is 6.42 Å². The number of nitrogens with two attached hydrogens (primary N) is 1. The molecule has 0 aromatic rings. The van der Waals surface area contributed by atoms with Gasteiger partial charge in [0.05, 0.1) is 0 Å². The van der Waals surface area contributed by atoms with Crippen LogP contribution in [-0.2, 0) is 0 Å². The van der Waals surface area contributed by atoms with Crippen molar-refractivity contribution in [3.63, 3.8) is 0 Å². The van der Waals surface area contributed by atoms with Crippen molar-refractivity contribution in [1.82, 2.24) is 0 Å². The second kappa shape index (κ2) is 6.81. The minimum absolute atomic E-state index is 0.219. The highest BCUT2D eigenvalue weighted by atomic mass is 14.6. The monoisotopic (exact) mass is 141 g/mol. The summed E-state index contributed by atoms with van der Waals surface area (Å²) in [5.74, 6) is 0. The van der Waals surface area contributed by atoms with Crippen LogP contribution in [0.2, 0.25) is 0 Å². The molecule has 0 amide bonds. The van der Waals surface area contributed by atoms with E-state index in [0.717, 1.165) is 6.42 Å². The van der Waals surface area contributed by atoms with Crippen molar-refractivity contribution in [2.45, 2.75) is 45.1 Å². The molecule has 0 saturated heterocycles. The maximum absolute atomic E-state index is 5.64. The minimum atomic E-state index is 0.219. The summed E-state index contributed by atoms with van der Waals surface area (Å²) in [4.78, 5) is 0. The Morgan fingerprint density at radius 3 is 2.60 bits per heavy atom. The third-order valence-electron chi connectivity index (χ3n) is 1.69. The molecular weight excluding hydrogens is 122 g/mol. The quantitative estimate of drug-likeness (QED) is 0.446. The Kier molecular flexibility index (Phi) is 6.61. The highest BCUT2D eigenvalue weighted by Crippen LogP contribution is 2.04. The van der Waals surface area contributed by atoms with Crippen molar-refractivity contribution < 1.29 is 0 Å². The van der Waals surface area contributed by atoms with Crippen molar-refractivity contribution >= 4 is 0 Å². The van der Waals surface area contributed by atoms with Crippen LogP contribution in [0.1, 0.15) is 39.0 Å². The van der Waals surface area contributed by atoms with Gasteiger partial charge in [-0.25, -0.2) is 0 Å². The van der Waals surface area contributed by atoms with Crippen LogP contribution in [0.25, 0.3) is 0 Å². The smallest absolute Gasteiger partial charge is 0.0221 e. The van der Waals surface area contributed by atoms with Gasteiger partial charge in [0.1, 0.15) is 0 Å². The van der Waals surface area contributed by atoms with E-state index in [0.29, 0.717) is 0 Å². The van der Waals surface area contributed by atoms with E-state index in [4.69, 9.17) is 5.73 Å². The average Bonchev–Trinajstić information content (AvgIpc) is 1.98. The zero-order chi connectivity index (χ0) is 7.82. The maximum Gasteiger partial charge on any atom is 0.0221 e. The lowest BCUT2D eigenvalue weighted by molar-refractivity contribution is 0.600. The Morgan fingerprint density at radius 1 is 1.40 bits per heavy atom. The highest BCUT2D eigenvalue weighted by molar-refractivity contribution is 4.81. The van der Waals surface area contributed by atoms with E-state index in [9.17, 15) is 0 Å². The van der Waals surface area contributed by atoms with Gasteiger partial charge in [0.15, 0.2) is 0 Å². The number of unbranched alkanes of at least 4 members (excludes halogenated alkanes) is 3. The van der Waals surface area contributed by atoms with Crippen molar-refractivity contribution in [3.05, 3.63) is 12.7 Å².